The van der Waals surface area contributed by atoms with Crippen LogP contribution in [0.3, 0.4) is 0 Å². The minimum Gasteiger partial charge on any atom is -0.313 e. The number of H-pyrrole nitrogens is 1. The van der Waals surface area contributed by atoms with Crippen molar-refractivity contribution in [2.24, 2.45) is 7.05 Å². The minimum absolute atomic E-state index is 0.369. The Morgan fingerprint density at radius 3 is 1.83 bits per heavy atom. The first kappa shape index (κ1) is 23.9. The van der Waals surface area contributed by atoms with Gasteiger partial charge in [-0.05, 0) is 22.4 Å². The Labute approximate surface area is 182 Å². The fourth-order valence-electron chi connectivity index (χ4n) is 3.88. The Hall–Kier alpha value is -1.37. The lowest BCUT2D eigenvalue weighted by atomic mass is 10.0. The number of aryl methyl sites for hydroxylation is 2. The van der Waals surface area contributed by atoms with Gasteiger partial charge in [-0.1, -0.05) is 90.4 Å². The van der Waals surface area contributed by atoms with Crippen molar-refractivity contribution in [2.45, 2.75) is 103 Å². The molecule has 1 N–H and O–H groups in total. The molecular formula is C22H37BrN4O2. The second kappa shape index (κ2) is 13.0. The number of nitrogens with one attached hydrogen (secondary N) is 1. The fraction of sp³-hybridized carbons (Fsp3) is 0.773. The van der Waals surface area contributed by atoms with Gasteiger partial charge in [-0.2, -0.15) is 0 Å². The zero-order valence-corrected chi connectivity index (χ0v) is 19.7. The maximum Gasteiger partial charge on any atom is 0.329 e. The van der Waals surface area contributed by atoms with Gasteiger partial charge in [-0.25, -0.2) is 9.78 Å². The van der Waals surface area contributed by atoms with E-state index in [9.17, 15) is 9.59 Å². The van der Waals surface area contributed by atoms with E-state index < -0.39 is 5.69 Å². The van der Waals surface area contributed by atoms with Crippen LogP contribution < -0.4 is 11.2 Å². The molecule has 0 aliphatic heterocycles. The van der Waals surface area contributed by atoms with Crippen LogP contribution in [0.2, 0.25) is 0 Å². The van der Waals surface area contributed by atoms with E-state index in [1.165, 1.54) is 81.6 Å². The number of rotatable bonds is 15. The fourth-order valence-corrected chi connectivity index (χ4v) is 4.40. The van der Waals surface area contributed by atoms with Crippen molar-refractivity contribution in [3.63, 3.8) is 0 Å². The minimum atomic E-state index is -0.434. The van der Waals surface area contributed by atoms with Crippen LogP contribution in [-0.4, -0.2) is 19.1 Å². The summed E-state index contributed by atoms with van der Waals surface area (Å²) in [5, 5.41) is 0. The number of hydrogen-bond donors (Lipinski definition) is 1. The summed E-state index contributed by atoms with van der Waals surface area (Å²) in [4.78, 5) is 30.6. The van der Waals surface area contributed by atoms with Gasteiger partial charge in [0.25, 0.3) is 5.56 Å². The van der Waals surface area contributed by atoms with Crippen LogP contribution in [0.25, 0.3) is 11.2 Å². The smallest absolute Gasteiger partial charge is 0.313 e. The first-order valence-electron chi connectivity index (χ1n) is 11.4. The van der Waals surface area contributed by atoms with Crippen LogP contribution >= 0.6 is 15.9 Å². The quantitative estimate of drug-likeness (QED) is 0.270. The van der Waals surface area contributed by atoms with Crippen LogP contribution in [0.4, 0.5) is 0 Å². The molecule has 0 radical (unpaired) electrons. The van der Waals surface area contributed by atoms with Gasteiger partial charge in [0.1, 0.15) is 0 Å². The predicted octanol–water partition coefficient (Wildman–Crippen LogP) is 5.67. The lowest BCUT2D eigenvalue weighted by Gasteiger charge is -2.06. The molecule has 2 heterocycles. The summed E-state index contributed by atoms with van der Waals surface area (Å²) in [5.41, 5.74) is 0.0902. The number of hydrogen-bond acceptors (Lipinski definition) is 3. The third-order valence-corrected chi connectivity index (χ3v) is 6.30. The SMILES string of the molecule is CCCCCCCCCCCCCCCCn1c(Br)nc2c1c(=O)[nH]c(=O)n2C. The Morgan fingerprint density at radius 1 is 0.828 bits per heavy atom. The highest BCUT2D eigenvalue weighted by molar-refractivity contribution is 9.10. The molecule has 0 unspecified atom stereocenters. The maximum absolute atomic E-state index is 12.2. The second-order valence-corrected chi connectivity index (χ2v) is 8.83. The second-order valence-electron chi connectivity index (χ2n) is 8.12. The number of aromatic nitrogens is 4. The summed E-state index contributed by atoms with van der Waals surface area (Å²) in [6.07, 6.45) is 18.5. The largest absolute Gasteiger partial charge is 0.329 e. The van der Waals surface area contributed by atoms with Crippen molar-refractivity contribution < 1.29 is 0 Å². The van der Waals surface area contributed by atoms with Crippen molar-refractivity contribution in [1.82, 2.24) is 19.1 Å². The Bertz CT molecular complexity index is 853. The monoisotopic (exact) mass is 468 g/mol. The number of nitrogens with zero attached hydrogens (tertiary/aromatic N) is 3. The molecule has 0 bridgehead atoms. The first-order chi connectivity index (χ1) is 14.1. The Morgan fingerprint density at radius 2 is 1.31 bits per heavy atom. The third kappa shape index (κ3) is 7.43. The van der Waals surface area contributed by atoms with Gasteiger partial charge >= 0.3 is 5.69 Å². The molecular weight excluding hydrogens is 432 g/mol. The molecule has 2 rings (SSSR count). The normalized spacial score (nSPS) is 11.6. The van der Waals surface area contributed by atoms with Gasteiger partial charge in [0.05, 0.1) is 0 Å². The molecule has 0 saturated heterocycles. The van der Waals surface area contributed by atoms with Gasteiger partial charge in [-0.15, -0.1) is 0 Å². The molecule has 164 valence electrons. The summed E-state index contributed by atoms with van der Waals surface area (Å²) in [7, 11) is 1.62. The molecule has 2 aromatic heterocycles. The highest BCUT2D eigenvalue weighted by atomic mass is 79.9. The Balaban J connectivity index is 1.59. The van der Waals surface area contributed by atoms with E-state index in [0.717, 1.165) is 19.4 Å². The third-order valence-electron chi connectivity index (χ3n) is 5.70. The van der Waals surface area contributed by atoms with Crippen LogP contribution in [0.1, 0.15) is 96.8 Å². The summed E-state index contributed by atoms with van der Waals surface area (Å²) in [6.45, 7) is 3.00. The molecule has 0 aliphatic carbocycles. The number of fused-ring (bicyclic) bond motifs is 1. The maximum atomic E-state index is 12.2. The van der Waals surface area contributed by atoms with Crippen molar-refractivity contribution in [1.29, 1.82) is 0 Å². The van der Waals surface area contributed by atoms with E-state index >= 15 is 0 Å². The number of imidazole rings is 1. The number of unbranched alkanes of at least 4 members (excludes halogenated alkanes) is 13. The number of halogens is 1. The summed E-state index contributed by atoms with van der Waals surface area (Å²) < 4.78 is 3.85. The molecule has 29 heavy (non-hydrogen) atoms. The lowest BCUT2D eigenvalue weighted by molar-refractivity contribution is 0.524. The van der Waals surface area contributed by atoms with E-state index in [4.69, 9.17) is 0 Å². The molecule has 0 spiro atoms. The van der Waals surface area contributed by atoms with Crippen molar-refractivity contribution >= 4 is 27.1 Å². The van der Waals surface area contributed by atoms with Gasteiger partial charge in [0.2, 0.25) is 0 Å². The van der Waals surface area contributed by atoms with Crippen LogP contribution in [0.15, 0.2) is 14.3 Å². The predicted molar refractivity (Wildman–Crippen MR) is 124 cm³/mol. The van der Waals surface area contributed by atoms with Gasteiger partial charge in [0, 0.05) is 13.6 Å². The highest BCUT2D eigenvalue weighted by Crippen LogP contribution is 2.18. The molecule has 6 nitrogen and oxygen atoms in total. The van der Waals surface area contributed by atoms with E-state index in [1.807, 2.05) is 4.57 Å². The van der Waals surface area contributed by atoms with E-state index in [-0.39, 0.29) is 5.56 Å². The van der Waals surface area contributed by atoms with Crippen molar-refractivity contribution in [3.05, 3.63) is 25.6 Å². The molecule has 0 aromatic carbocycles. The molecule has 0 aliphatic rings. The zero-order chi connectivity index (χ0) is 21.1. The lowest BCUT2D eigenvalue weighted by Crippen LogP contribution is -2.29. The highest BCUT2D eigenvalue weighted by Gasteiger charge is 2.15. The van der Waals surface area contributed by atoms with Crippen LogP contribution in [0, 0.1) is 0 Å². The molecule has 7 heteroatoms. The topological polar surface area (TPSA) is 72.7 Å². The first-order valence-corrected chi connectivity index (χ1v) is 12.2. The van der Waals surface area contributed by atoms with Crippen LogP contribution in [0.5, 0.6) is 0 Å². The van der Waals surface area contributed by atoms with Gasteiger partial charge in [-0.3, -0.25) is 14.3 Å². The average molecular weight is 469 g/mol. The van der Waals surface area contributed by atoms with Crippen molar-refractivity contribution in [3.8, 4) is 0 Å². The molecule has 0 atom stereocenters. The molecule has 0 saturated carbocycles. The molecule has 0 amide bonds. The summed E-state index contributed by atoms with van der Waals surface area (Å²) in [6, 6.07) is 0. The van der Waals surface area contributed by atoms with Crippen molar-refractivity contribution in [2.75, 3.05) is 0 Å². The van der Waals surface area contributed by atoms with Gasteiger partial charge in [0.15, 0.2) is 15.9 Å². The summed E-state index contributed by atoms with van der Waals surface area (Å²) in [5.74, 6) is 0. The summed E-state index contributed by atoms with van der Waals surface area (Å²) >= 11 is 3.43. The molecule has 0 fully saturated rings. The zero-order valence-electron chi connectivity index (χ0n) is 18.1. The Kier molecular flexibility index (Phi) is 10.7. The van der Waals surface area contributed by atoms with E-state index in [1.54, 1.807) is 7.05 Å². The average Bonchev–Trinajstić information content (AvgIpc) is 3.03. The standard InChI is InChI=1S/C22H37BrN4O2/c1-3-4-5-6-7-8-9-10-11-12-13-14-15-16-17-27-18-19(24-21(27)23)26(2)22(29)25-20(18)28/h3-17H2,1-2H3,(H,25,28,29). The van der Waals surface area contributed by atoms with Crippen LogP contribution in [-0.2, 0) is 13.6 Å². The van der Waals surface area contributed by atoms with E-state index in [2.05, 4.69) is 32.8 Å². The molecule has 2 aromatic rings. The van der Waals surface area contributed by atoms with E-state index in [0.29, 0.717) is 15.9 Å². The number of aromatic amines is 1. The van der Waals surface area contributed by atoms with Gasteiger partial charge < -0.3 is 4.57 Å².